The Morgan fingerprint density at radius 3 is 2.61 bits per heavy atom. The Labute approximate surface area is 170 Å². The van der Waals surface area contributed by atoms with Gasteiger partial charge in [0.25, 0.3) is 0 Å². The lowest BCUT2D eigenvalue weighted by Crippen LogP contribution is -2.19. The molecule has 0 aromatic carbocycles. The van der Waals surface area contributed by atoms with Gasteiger partial charge in [-0.2, -0.15) is 0 Å². The first kappa shape index (κ1) is 22.3. The van der Waals surface area contributed by atoms with E-state index < -0.39 is 0 Å². The molecule has 0 aromatic heterocycles. The molecule has 0 amide bonds. The van der Waals surface area contributed by atoms with Gasteiger partial charge < -0.3 is 5.32 Å². The lowest BCUT2D eigenvalue weighted by molar-refractivity contribution is 0.641. The standard InChI is InChI=1S/C25H35FN2/c1-17(2)24(20(6)28-18(3)4)11-7-9-19(5)21-10-8-12-25(26)22(15-21)16-27-23-13-14-23/h8-9,11-12,15,18,23,27H,1,7,10,13-14,16H2,2-6H3/b19-9+,24-11+,28-20-. The maximum atomic E-state index is 14.3. The minimum atomic E-state index is -0.124. The van der Waals surface area contributed by atoms with Crippen molar-refractivity contribution in [3.05, 3.63) is 70.7 Å². The molecule has 0 bridgehead atoms. The van der Waals surface area contributed by atoms with Crippen LogP contribution in [0.2, 0.25) is 0 Å². The molecule has 2 aliphatic carbocycles. The van der Waals surface area contributed by atoms with E-state index in [-0.39, 0.29) is 11.9 Å². The zero-order valence-electron chi connectivity index (χ0n) is 18.1. The third-order valence-corrected chi connectivity index (χ3v) is 4.97. The van der Waals surface area contributed by atoms with Crippen molar-refractivity contribution < 1.29 is 4.39 Å². The third kappa shape index (κ3) is 7.20. The second-order valence-electron chi connectivity index (χ2n) is 8.13. The molecule has 0 unspecified atom stereocenters. The van der Waals surface area contributed by atoms with E-state index in [0.717, 1.165) is 35.3 Å². The highest BCUT2D eigenvalue weighted by atomic mass is 19.1. The topological polar surface area (TPSA) is 24.4 Å². The highest BCUT2D eigenvalue weighted by Gasteiger charge is 2.21. The van der Waals surface area contributed by atoms with Gasteiger partial charge in [-0.05, 0) is 83.1 Å². The number of allylic oxidation sites excluding steroid dienone is 9. The summed E-state index contributed by atoms with van der Waals surface area (Å²) in [6, 6.07) is 0.842. The van der Waals surface area contributed by atoms with Crippen LogP contribution in [0, 0.1) is 0 Å². The van der Waals surface area contributed by atoms with E-state index in [9.17, 15) is 4.39 Å². The van der Waals surface area contributed by atoms with Crippen molar-refractivity contribution in [2.45, 2.75) is 72.4 Å². The van der Waals surface area contributed by atoms with Crippen LogP contribution in [0.4, 0.5) is 4.39 Å². The van der Waals surface area contributed by atoms with E-state index in [2.05, 4.69) is 49.8 Å². The van der Waals surface area contributed by atoms with Gasteiger partial charge in [0.15, 0.2) is 0 Å². The summed E-state index contributed by atoms with van der Waals surface area (Å²) < 4.78 is 14.3. The largest absolute Gasteiger partial charge is 0.310 e. The van der Waals surface area contributed by atoms with Crippen LogP contribution in [0.3, 0.4) is 0 Å². The summed E-state index contributed by atoms with van der Waals surface area (Å²) >= 11 is 0. The normalized spacial score (nSPS) is 19.2. The molecule has 1 fully saturated rings. The Bertz CT molecular complexity index is 768. The van der Waals surface area contributed by atoms with Crippen molar-refractivity contribution in [1.29, 1.82) is 0 Å². The van der Waals surface area contributed by atoms with Crippen molar-refractivity contribution in [1.82, 2.24) is 5.32 Å². The Morgan fingerprint density at radius 2 is 2.00 bits per heavy atom. The number of nitrogens with zero attached hydrogens (tertiary/aromatic N) is 1. The van der Waals surface area contributed by atoms with Gasteiger partial charge in [0.1, 0.15) is 5.83 Å². The molecule has 28 heavy (non-hydrogen) atoms. The van der Waals surface area contributed by atoms with E-state index in [4.69, 9.17) is 0 Å². The molecule has 0 saturated heterocycles. The fraction of sp³-hybridized carbons (Fsp3) is 0.480. The fourth-order valence-electron chi connectivity index (χ4n) is 3.26. The number of hydrogen-bond acceptors (Lipinski definition) is 2. The zero-order chi connectivity index (χ0) is 20.7. The molecule has 2 rings (SSSR count). The number of aliphatic imine (C=N–C) groups is 1. The molecule has 0 aliphatic heterocycles. The Kier molecular flexibility index (Phi) is 8.37. The van der Waals surface area contributed by atoms with E-state index in [1.165, 1.54) is 24.0 Å². The van der Waals surface area contributed by atoms with E-state index >= 15 is 0 Å². The van der Waals surface area contributed by atoms with Gasteiger partial charge >= 0.3 is 0 Å². The van der Waals surface area contributed by atoms with Crippen molar-refractivity contribution in [3.8, 4) is 0 Å². The third-order valence-electron chi connectivity index (χ3n) is 4.97. The van der Waals surface area contributed by atoms with Gasteiger partial charge in [-0.3, -0.25) is 4.99 Å². The number of hydrogen-bond donors (Lipinski definition) is 1. The zero-order valence-corrected chi connectivity index (χ0v) is 18.1. The van der Waals surface area contributed by atoms with Gasteiger partial charge in [0.05, 0.1) is 0 Å². The summed E-state index contributed by atoms with van der Waals surface area (Å²) in [5, 5.41) is 3.41. The van der Waals surface area contributed by atoms with Crippen molar-refractivity contribution >= 4 is 5.71 Å². The van der Waals surface area contributed by atoms with Crippen LogP contribution in [-0.4, -0.2) is 24.3 Å². The van der Waals surface area contributed by atoms with Crippen LogP contribution >= 0.6 is 0 Å². The Balaban J connectivity index is 2.12. The summed E-state index contributed by atoms with van der Waals surface area (Å²) in [4.78, 5) is 4.65. The predicted octanol–water partition coefficient (Wildman–Crippen LogP) is 6.56. The lowest BCUT2D eigenvalue weighted by Gasteiger charge is -2.10. The number of rotatable bonds is 9. The first-order valence-electron chi connectivity index (χ1n) is 10.3. The molecule has 2 nitrogen and oxygen atoms in total. The molecular weight excluding hydrogens is 347 g/mol. The van der Waals surface area contributed by atoms with Crippen molar-refractivity contribution in [2.75, 3.05) is 6.54 Å². The fourth-order valence-corrected chi connectivity index (χ4v) is 3.26. The van der Waals surface area contributed by atoms with E-state index in [1.54, 1.807) is 6.08 Å². The Hall–Kier alpha value is -2.00. The van der Waals surface area contributed by atoms with Crippen LogP contribution in [0.15, 0.2) is 75.6 Å². The van der Waals surface area contributed by atoms with Gasteiger partial charge in [-0.25, -0.2) is 4.39 Å². The first-order valence-corrected chi connectivity index (χ1v) is 10.3. The average Bonchev–Trinajstić information content (AvgIpc) is 3.43. The maximum Gasteiger partial charge on any atom is 0.127 e. The molecule has 0 atom stereocenters. The molecular formula is C25H35FN2. The summed E-state index contributed by atoms with van der Waals surface area (Å²) in [5.74, 6) is -0.124. The van der Waals surface area contributed by atoms with Gasteiger partial charge in [-0.15, -0.1) is 0 Å². The van der Waals surface area contributed by atoms with E-state index in [1.807, 2.05) is 26.0 Å². The summed E-state index contributed by atoms with van der Waals surface area (Å²) in [6.45, 7) is 15.0. The first-order chi connectivity index (χ1) is 13.3. The molecule has 3 heteroatoms. The monoisotopic (exact) mass is 382 g/mol. The number of halogens is 1. The SMILES string of the molecule is C=C(C)C(=C\C/C=C(\C)C1=CC(CNC2CC2)=C(F)C=CC1)/C(C)=N\C(C)C. The van der Waals surface area contributed by atoms with Crippen LogP contribution < -0.4 is 5.32 Å². The minimum absolute atomic E-state index is 0.124. The van der Waals surface area contributed by atoms with Crippen LogP contribution in [0.25, 0.3) is 0 Å². The van der Waals surface area contributed by atoms with Gasteiger partial charge in [-0.1, -0.05) is 36.5 Å². The van der Waals surface area contributed by atoms with Crippen LogP contribution in [0.1, 0.15) is 60.3 Å². The van der Waals surface area contributed by atoms with E-state index in [0.29, 0.717) is 12.6 Å². The van der Waals surface area contributed by atoms with Crippen molar-refractivity contribution in [2.24, 2.45) is 4.99 Å². The molecule has 0 aromatic rings. The second kappa shape index (κ2) is 10.5. The minimum Gasteiger partial charge on any atom is -0.310 e. The lowest BCUT2D eigenvalue weighted by atomic mass is 9.99. The predicted molar refractivity (Wildman–Crippen MR) is 121 cm³/mol. The maximum absolute atomic E-state index is 14.3. The molecule has 0 heterocycles. The average molecular weight is 383 g/mol. The molecule has 152 valence electrons. The molecule has 1 saturated carbocycles. The number of nitrogens with one attached hydrogen (secondary N) is 1. The summed E-state index contributed by atoms with van der Waals surface area (Å²) in [7, 11) is 0. The molecule has 0 spiro atoms. The second-order valence-corrected chi connectivity index (χ2v) is 8.13. The summed E-state index contributed by atoms with van der Waals surface area (Å²) in [6.07, 6.45) is 13.9. The highest BCUT2D eigenvalue weighted by Crippen LogP contribution is 2.25. The highest BCUT2D eigenvalue weighted by molar-refractivity contribution is 6.01. The molecule has 0 radical (unpaired) electrons. The Morgan fingerprint density at radius 1 is 1.29 bits per heavy atom. The smallest absolute Gasteiger partial charge is 0.127 e. The van der Waals surface area contributed by atoms with Gasteiger partial charge in [0.2, 0.25) is 0 Å². The molecule has 2 aliphatic rings. The van der Waals surface area contributed by atoms with Crippen LogP contribution in [-0.2, 0) is 0 Å². The van der Waals surface area contributed by atoms with Gasteiger partial charge in [0, 0.05) is 29.9 Å². The summed E-state index contributed by atoms with van der Waals surface area (Å²) in [5.41, 5.74) is 6.30. The quantitative estimate of drug-likeness (QED) is 0.354. The molecule has 1 N–H and O–H groups in total. The van der Waals surface area contributed by atoms with Crippen molar-refractivity contribution in [3.63, 3.8) is 0 Å². The van der Waals surface area contributed by atoms with Crippen LogP contribution in [0.5, 0.6) is 0 Å².